The normalized spacial score (nSPS) is 11.9. The maximum atomic E-state index is 6.36. The summed E-state index contributed by atoms with van der Waals surface area (Å²) in [6.45, 7) is 3.60. The molecule has 0 bridgehead atoms. The maximum Gasteiger partial charge on any atom is 0.143 e. The van der Waals surface area contributed by atoms with Crippen LogP contribution in [0.3, 0.4) is 0 Å². The van der Waals surface area contributed by atoms with Gasteiger partial charge < -0.3 is 4.42 Å². The molecule has 5 heteroatoms. The molecule has 0 atom stereocenters. The first-order valence-corrected chi connectivity index (χ1v) is 14.3. The van der Waals surface area contributed by atoms with Crippen molar-refractivity contribution in [2.45, 2.75) is 0 Å². The van der Waals surface area contributed by atoms with E-state index in [4.69, 9.17) is 4.42 Å². The van der Waals surface area contributed by atoms with Gasteiger partial charge in [0.25, 0.3) is 0 Å². The number of hydrogen-bond acceptors (Lipinski definition) is 5. The molecule has 44 heavy (non-hydrogen) atoms. The number of allylic oxidation sites excluding steroid dienone is 1. The lowest BCUT2D eigenvalue weighted by Crippen LogP contribution is -1.90. The summed E-state index contributed by atoms with van der Waals surface area (Å²) in [6.07, 6.45) is 8.76. The number of aliphatic imine (C=N–C) groups is 2. The molecule has 5 nitrogen and oxygen atoms in total. The highest BCUT2D eigenvalue weighted by molar-refractivity contribution is 6.10. The van der Waals surface area contributed by atoms with Crippen molar-refractivity contribution >= 4 is 40.4 Å². The number of rotatable bonds is 7. The van der Waals surface area contributed by atoms with E-state index in [1.165, 1.54) is 0 Å². The van der Waals surface area contributed by atoms with Crippen molar-refractivity contribution in [2.24, 2.45) is 9.98 Å². The summed E-state index contributed by atoms with van der Waals surface area (Å²) >= 11 is 0. The SMILES string of the molecule is C=N/C=C(\C=NC)c1ccc(-c2cc(-c3cncnc3)cc(-c3cccc(-c4cccc5c4oc4ccccc45)c3)c2)cc1. The lowest BCUT2D eigenvalue weighted by molar-refractivity contribution is 0.670. The Hall–Kier alpha value is -5.94. The van der Waals surface area contributed by atoms with Gasteiger partial charge in [-0.05, 0) is 76.0 Å². The zero-order chi connectivity index (χ0) is 29.9. The zero-order valence-electron chi connectivity index (χ0n) is 24.2. The van der Waals surface area contributed by atoms with Crippen molar-refractivity contribution in [3.8, 4) is 44.5 Å². The molecule has 5 aromatic carbocycles. The monoisotopic (exact) mass is 568 g/mol. The van der Waals surface area contributed by atoms with Gasteiger partial charge in [-0.15, -0.1) is 0 Å². The minimum Gasteiger partial charge on any atom is -0.455 e. The van der Waals surface area contributed by atoms with E-state index in [1.807, 2.05) is 30.6 Å². The van der Waals surface area contributed by atoms with Gasteiger partial charge in [-0.25, -0.2) is 9.97 Å². The molecule has 2 heterocycles. The minimum absolute atomic E-state index is 0.893. The van der Waals surface area contributed by atoms with E-state index >= 15 is 0 Å². The van der Waals surface area contributed by atoms with Crippen LogP contribution in [0.2, 0.25) is 0 Å². The molecule has 0 N–H and O–H groups in total. The quantitative estimate of drug-likeness (QED) is 0.180. The molecule has 210 valence electrons. The molecule has 0 spiro atoms. The number of aromatic nitrogens is 2. The topological polar surface area (TPSA) is 63.6 Å². The Balaban J connectivity index is 1.34. The second kappa shape index (κ2) is 11.7. The molecular weight excluding hydrogens is 540 g/mol. The van der Waals surface area contributed by atoms with E-state index in [1.54, 1.807) is 25.8 Å². The number of nitrogens with zero attached hydrogens (tertiary/aromatic N) is 4. The third kappa shape index (κ3) is 5.12. The molecule has 0 amide bonds. The molecular formula is C39H28N4O. The Bertz CT molecular complexity index is 2190. The molecule has 0 fully saturated rings. The first-order valence-electron chi connectivity index (χ1n) is 14.3. The van der Waals surface area contributed by atoms with Crippen LogP contribution in [0, 0.1) is 0 Å². The Morgan fingerprint density at radius 1 is 0.659 bits per heavy atom. The summed E-state index contributed by atoms with van der Waals surface area (Å²) in [4.78, 5) is 16.7. The number of benzene rings is 5. The van der Waals surface area contributed by atoms with Crippen LogP contribution in [0.5, 0.6) is 0 Å². The Labute approximate surface area is 255 Å². The smallest absolute Gasteiger partial charge is 0.143 e. The van der Waals surface area contributed by atoms with Crippen LogP contribution in [0.4, 0.5) is 0 Å². The summed E-state index contributed by atoms with van der Waals surface area (Å²) in [5.74, 6) is 0. The van der Waals surface area contributed by atoms with Gasteiger partial charge in [0.15, 0.2) is 0 Å². The van der Waals surface area contributed by atoms with E-state index in [-0.39, 0.29) is 0 Å². The first kappa shape index (κ1) is 26.9. The second-order valence-electron chi connectivity index (χ2n) is 10.5. The highest BCUT2D eigenvalue weighted by Gasteiger charge is 2.14. The molecule has 7 aromatic rings. The summed E-state index contributed by atoms with van der Waals surface area (Å²) in [5.41, 5.74) is 12.3. The summed E-state index contributed by atoms with van der Waals surface area (Å²) < 4.78 is 6.36. The maximum absolute atomic E-state index is 6.36. The summed E-state index contributed by atoms with van der Waals surface area (Å²) in [5, 5.41) is 2.24. The van der Waals surface area contributed by atoms with E-state index in [0.29, 0.717) is 0 Å². The number of fused-ring (bicyclic) bond motifs is 3. The van der Waals surface area contributed by atoms with E-state index in [9.17, 15) is 0 Å². The lowest BCUT2D eigenvalue weighted by atomic mass is 9.92. The van der Waals surface area contributed by atoms with Crippen LogP contribution in [0.25, 0.3) is 72.0 Å². The van der Waals surface area contributed by atoms with Gasteiger partial charge in [0.05, 0.1) is 0 Å². The molecule has 7 rings (SSSR count). The van der Waals surface area contributed by atoms with E-state index in [0.717, 1.165) is 77.6 Å². The highest BCUT2D eigenvalue weighted by atomic mass is 16.3. The molecule has 0 aliphatic rings. The third-order valence-corrected chi connectivity index (χ3v) is 7.79. The van der Waals surface area contributed by atoms with Crippen LogP contribution in [0.15, 0.2) is 149 Å². The van der Waals surface area contributed by atoms with Gasteiger partial charge in [0.2, 0.25) is 0 Å². The average Bonchev–Trinajstić information content (AvgIpc) is 3.48. The largest absolute Gasteiger partial charge is 0.455 e. The average molecular weight is 569 g/mol. The van der Waals surface area contributed by atoms with E-state index < -0.39 is 0 Å². The van der Waals surface area contributed by atoms with Crippen molar-refractivity contribution in [1.29, 1.82) is 0 Å². The fraction of sp³-hybridized carbons (Fsp3) is 0.0256. The Kier molecular flexibility index (Phi) is 7.19. The van der Waals surface area contributed by atoms with Crippen LogP contribution >= 0.6 is 0 Å². The van der Waals surface area contributed by atoms with Gasteiger partial charge in [-0.1, -0.05) is 78.9 Å². The summed E-state index contributed by atoms with van der Waals surface area (Å²) in [7, 11) is 1.75. The fourth-order valence-corrected chi connectivity index (χ4v) is 5.69. The van der Waals surface area contributed by atoms with Gasteiger partial charge in [0.1, 0.15) is 17.5 Å². The molecule has 0 unspecified atom stereocenters. The fourth-order valence-electron chi connectivity index (χ4n) is 5.69. The number of hydrogen-bond donors (Lipinski definition) is 0. The van der Waals surface area contributed by atoms with Crippen LogP contribution in [-0.4, -0.2) is 29.9 Å². The predicted molar refractivity (Wildman–Crippen MR) is 183 cm³/mol. The molecule has 2 aromatic heterocycles. The van der Waals surface area contributed by atoms with Crippen molar-refractivity contribution < 1.29 is 4.42 Å². The predicted octanol–water partition coefficient (Wildman–Crippen LogP) is 9.79. The van der Waals surface area contributed by atoms with Crippen molar-refractivity contribution in [3.63, 3.8) is 0 Å². The molecule has 0 radical (unpaired) electrons. The molecule has 0 saturated carbocycles. The number of furan rings is 1. The van der Waals surface area contributed by atoms with Gasteiger partial charge >= 0.3 is 0 Å². The molecule has 0 aliphatic carbocycles. The minimum atomic E-state index is 0.893. The van der Waals surface area contributed by atoms with Gasteiger partial charge in [-0.2, -0.15) is 0 Å². The van der Waals surface area contributed by atoms with Crippen LogP contribution < -0.4 is 0 Å². The van der Waals surface area contributed by atoms with Crippen LogP contribution in [-0.2, 0) is 0 Å². The molecule has 0 saturated heterocycles. The Morgan fingerprint density at radius 2 is 1.32 bits per heavy atom. The van der Waals surface area contributed by atoms with Gasteiger partial charge in [0, 0.05) is 59.3 Å². The summed E-state index contributed by atoms with van der Waals surface area (Å²) in [6, 6.07) is 38.2. The van der Waals surface area contributed by atoms with Crippen LogP contribution in [0.1, 0.15) is 5.56 Å². The van der Waals surface area contributed by atoms with Gasteiger partial charge in [-0.3, -0.25) is 9.98 Å². The first-order chi connectivity index (χ1) is 21.7. The van der Waals surface area contributed by atoms with Crippen molar-refractivity contribution in [3.05, 3.63) is 140 Å². The highest BCUT2D eigenvalue weighted by Crippen LogP contribution is 2.38. The van der Waals surface area contributed by atoms with Crippen molar-refractivity contribution in [2.75, 3.05) is 7.05 Å². The Morgan fingerprint density at radius 3 is 2.09 bits per heavy atom. The second-order valence-corrected chi connectivity index (χ2v) is 10.5. The van der Waals surface area contributed by atoms with Crippen molar-refractivity contribution in [1.82, 2.24) is 9.97 Å². The third-order valence-electron chi connectivity index (χ3n) is 7.79. The molecule has 0 aliphatic heterocycles. The lowest BCUT2D eigenvalue weighted by Gasteiger charge is -2.13. The zero-order valence-corrected chi connectivity index (χ0v) is 24.2. The number of para-hydroxylation sites is 2. The van der Waals surface area contributed by atoms with E-state index in [2.05, 4.69) is 118 Å². The standard InChI is InChI=1S/C39H28N4O/c1-40-21-33(22-41-2)27-15-13-26(14-16-27)30-18-31(20-32(19-30)34-23-42-25-43-24-34)28-7-5-8-29(17-28)35-10-6-11-37-36-9-3-4-12-38(36)44-39(35)37/h3-25H,1H2,2H3/b33-21+,41-22?.